The molecule has 0 aliphatic carbocycles. The van der Waals surface area contributed by atoms with Crippen LogP contribution in [0.4, 0.5) is 0 Å². The fraction of sp³-hybridized carbons (Fsp3) is 0.214. The van der Waals surface area contributed by atoms with Crippen LogP contribution in [0.15, 0.2) is 89.8 Å². The summed E-state index contributed by atoms with van der Waals surface area (Å²) < 4.78 is 33.0. The Morgan fingerprint density at radius 2 is 1.73 bits per heavy atom. The number of nitrogens with zero attached hydrogens (tertiary/aromatic N) is 2. The number of nitrogens with one attached hydrogen (secondary N) is 1. The van der Waals surface area contributed by atoms with Crippen LogP contribution in [-0.4, -0.2) is 47.2 Å². The van der Waals surface area contributed by atoms with Crippen LogP contribution in [0.1, 0.15) is 20.3 Å². The first-order valence-corrected chi connectivity index (χ1v) is 14.4. The number of aromatic nitrogens is 2. The predicted octanol–water partition coefficient (Wildman–Crippen LogP) is 4.18. The molecular weight excluding hydrogens is 553 g/mol. The molecule has 9 nitrogen and oxygen atoms in total. The number of halogens is 1. The highest BCUT2D eigenvalue weighted by Gasteiger charge is 2.27. The number of benzene rings is 3. The molecule has 0 bridgehead atoms. The molecule has 0 saturated heterocycles. The zero-order valence-electron chi connectivity index (χ0n) is 21.9. The second-order valence-corrected chi connectivity index (χ2v) is 11.6. The van der Waals surface area contributed by atoms with Crippen molar-refractivity contribution in [2.75, 3.05) is 0 Å². The van der Waals surface area contributed by atoms with E-state index in [0.29, 0.717) is 23.4 Å². The van der Waals surface area contributed by atoms with Crippen LogP contribution in [0.2, 0.25) is 5.02 Å². The van der Waals surface area contributed by atoms with Crippen molar-refractivity contribution in [3.63, 3.8) is 0 Å². The minimum Gasteiger partial charge on any atom is -0.426 e. The summed E-state index contributed by atoms with van der Waals surface area (Å²) in [6.45, 7) is 3.62. The first-order chi connectivity index (χ1) is 19.0. The van der Waals surface area contributed by atoms with Gasteiger partial charge in [-0.1, -0.05) is 74.0 Å². The van der Waals surface area contributed by atoms with Crippen molar-refractivity contribution < 1.29 is 27.4 Å². The minimum atomic E-state index is -4.20. The van der Waals surface area contributed by atoms with Gasteiger partial charge in [0.05, 0.1) is 17.3 Å². The van der Waals surface area contributed by atoms with E-state index in [1.165, 1.54) is 28.9 Å². The molecule has 0 saturated carbocycles. The van der Waals surface area contributed by atoms with Gasteiger partial charge in [0.1, 0.15) is 11.4 Å². The average molecular weight is 582 g/mol. The number of rotatable bonds is 11. The second-order valence-electron chi connectivity index (χ2n) is 9.65. The van der Waals surface area contributed by atoms with E-state index in [1.54, 1.807) is 30.3 Å². The van der Waals surface area contributed by atoms with Crippen molar-refractivity contribution in [2.45, 2.75) is 37.6 Å². The summed E-state index contributed by atoms with van der Waals surface area (Å²) >= 11 is 5.98. The number of para-hydroxylation sites is 1. The van der Waals surface area contributed by atoms with Crippen molar-refractivity contribution in [2.24, 2.45) is 5.92 Å². The maximum Gasteiger partial charge on any atom is 0.475 e. The van der Waals surface area contributed by atoms with Gasteiger partial charge in [-0.2, -0.15) is 13.5 Å². The van der Waals surface area contributed by atoms with Crippen molar-refractivity contribution in [1.82, 2.24) is 15.1 Å². The van der Waals surface area contributed by atoms with Gasteiger partial charge < -0.3 is 19.5 Å². The fourth-order valence-corrected chi connectivity index (χ4v) is 5.45. The average Bonchev–Trinajstić information content (AvgIpc) is 3.32. The molecule has 1 heterocycles. The van der Waals surface area contributed by atoms with Gasteiger partial charge in [-0.3, -0.25) is 9.48 Å². The molecule has 0 aliphatic rings. The van der Waals surface area contributed by atoms with E-state index in [2.05, 4.69) is 10.4 Å². The summed E-state index contributed by atoms with van der Waals surface area (Å²) in [5.41, 5.74) is 2.15. The van der Waals surface area contributed by atoms with E-state index >= 15 is 0 Å². The van der Waals surface area contributed by atoms with Gasteiger partial charge in [0, 0.05) is 10.6 Å². The van der Waals surface area contributed by atoms with E-state index in [0.717, 1.165) is 5.56 Å². The summed E-state index contributed by atoms with van der Waals surface area (Å²) in [4.78, 5) is 12.9. The molecule has 4 aromatic rings. The SMILES string of the molecule is CC(C)C[C@H](NC(=O)Cn1nc(-c2ccccc2OS(=O)(=O)c2cccc(Cl)c2)cc1-c1ccccc1)B(O)O. The number of carbonyl (C=O) groups excluding carboxylic acids is 1. The largest absolute Gasteiger partial charge is 0.475 e. The number of hydrogen-bond donors (Lipinski definition) is 3. The molecular formula is C28H29BClN3O6S. The van der Waals surface area contributed by atoms with Crippen molar-refractivity contribution in [1.29, 1.82) is 0 Å². The number of amides is 1. The van der Waals surface area contributed by atoms with Crippen LogP contribution in [0.5, 0.6) is 5.75 Å². The van der Waals surface area contributed by atoms with Gasteiger partial charge >= 0.3 is 17.2 Å². The lowest BCUT2D eigenvalue weighted by Crippen LogP contribution is -2.48. The lowest BCUT2D eigenvalue weighted by molar-refractivity contribution is -0.122. The number of hydrogen-bond acceptors (Lipinski definition) is 7. The molecule has 3 aromatic carbocycles. The van der Waals surface area contributed by atoms with Crippen molar-refractivity contribution in [3.05, 3.63) is 90.0 Å². The molecule has 0 spiro atoms. The maximum atomic E-state index is 13.0. The minimum absolute atomic E-state index is 0.0524. The summed E-state index contributed by atoms with van der Waals surface area (Å²) in [7, 11) is -5.91. The van der Waals surface area contributed by atoms with E-state index in [4.69, 9.17) is 15.8 Å². The topological polar surface area (TPSA) is 131 Å². The van der Waals surface area contributed by atoms with Crippen molar-refractivity contribution in [3.8, 4) is 28.3 Å². The lowest BCUT2D eigenvalue weighted by Gasteiger charge is -2.20. The molecule has 0 radical (unpaired) electrons. The molecule has 4 rings (SSSR count). The second kappa shape index (κ2) is 12.7. The Hall–Kier alpha value is -3.64. The van der Waals surface area contributed by atoms with Gasteiger partial charge in [-0.15, -0.1) is 0 Å². The monoisotopic (exact) mass is 581 g/mol. The van der Waals surface area contributed by atoms with Crippen LogP contribution in [0, 0.1) is 5.92 Å². The Morgan fingerprint density at radius 1 is 1.02 bits per heavy atom. The highest BCUT2D eigenvalue weighted by Crippen LogP contribution is 2.34. The Kier molecular flexibility index (Phi) is 9.31. The van der Waals surface area contributed by atoms with Crippen LogP contribution in [-0.2, 0) is 21.5 Å². The third-order valence-corrected chi connectivity index (χ3v) is 7.49. The lowest BCUT2D eigenvalue weighted by atomic mass is 9.75. The zero-order chi connectivity index (χ0) is 28.9. The third kappa shape index (κ3) is 7.31. The quantitative estimate of drug-likeness (QED) is 0.179. The van der Waals surface area contributed by atoms with Gasteiger partial charge in [0.2, 0.25) is 5.91 Å². The molecule has 0 fully saturated rings. The molecule has 1 atom stereocenters. The summed E-state index contributed by atoms with van der Waals surface area (Å²) in [5.74, 6) is -1.12. The Balaban J connectivity index is 1.69. The van der Waals surface area contributed by atoms with Crippen LogP contribution in [0.3, 0.4) is 0 Å². The molecule has 0 unspecified atom stereocenters. The molecule has 0 aliphatic heterocycles. The summed E-state index contributed by atoms with van der Waals surface area (Å²) in [5, 5.41) is 27.0. The number of carbonyl (C=O) groups is 1. The fourth-order valence-electron chi connectivity index (χ4n) is 4.20. The van der Waals surface area contributed by atoms with Crippen LogP contribution >= 0.6 is 11.6 Å². The highest BCUT2D eigenvalue weighted by atomic mass is 35.5. The molecule has 12 heteroatoms. The Bertz CT molecular complexity index is 1580. The molecule has 1 amide bonds. The maximum absolute atomic E-state index is 13.0. The zero-order valence-corrected chi connectivity index (χ0v) is 23.5. The Labute approximate surface area is 238 Å². The normalized spacial score (nSPS) is 12.2. The van der Waals surface area contributed by atoms with Crippen LogP contribution < -0.4 is 9.50 Å². The molecule has 1 aromatic heterocycles. The molecule has 3 N–H and O–H groups in total. The molecule has 40 heavy (non-hydrogen) atoms. The third-order valence-electron chi connectivity index (χ3n) is 6.02. The van der Waals surface area contributed by atoms with Gasteiger partial charge in [0.15, 0.2) is 5.75 Å². The standard InChI is InChI=1S/C28H29BClN3O6S/c1-19(2)15-27(29(35)36)31-28(34)18-33-25(20-9-4-3-5-10-20)17-24(32-33)23-13-6-7-14-26(23)39-40(37,38)22-12-8-11-21(30)16-22/h3-14,16-17,19,27,35-36H,15,18H2,1-2H3,(H,31,34)/t27-/m0/s1. The van der Waals surface area contributed by atoms with Gasteiger partial charge in [-0.25, -0.2) is 0 Å². The summed E-state index contributed by atoms with van der Waals surface area (Å²) in [6.07, 6.45) is 0.380. The Morgan fingerprint density at radius 3 is 2.40 bits per heavy atom. The van der Waals surface area contributed by atoms with Gasteiger partial charge in [-0.05, 0) is 54.3 Å². The van der Waals surface area contributed by atoms with E-state index in [-0.39, 0.29) is 28.1 Å². The highest BCUT2D eigenvalue weighted by molar-refractivity contribution is 7.87. The van der Waals surface area contributed by atoms with E-state index < -0.39 is 29.1 Å². The summed E-state index contributed by atoms with van der Waals surface area (Å²) in [6, 6.07) is 23.4. The van der Waals surface area contributed by atoms with Crippen molar-refractivity contribution >= 4 is 34.7 Å². The first kappa shape index (κ1) is 29.4. The predicted molar refractivity (Wildman–Crippen MR) is 154 cm³/mol. The van der Waals surface area contributed by atoms with Crippen LogP contribution in [0.25, 0.3) is 22.5 Å². The molecule has 208 valence electrons. The first-order valence-electron chi connectivity index (χ1n) is 12.6. The smallest absolute Gasteiger partial charge is 0.426 e. The van der Waals surface area contributed by atoms with E-state index in [1.807, 2.05) is 44.2 Å². The van der Waals surface area contributed by atoms with E-state index in [9.17, 15) is 23.3 Å². The van der Waals surface area contributed by atoms with Gasteiger partial charge in [0.25, 0.3) is 0 Å².